The standard InChI is InChI=1S/C16H17BrN2O.BrH/c1-12-5-8-19(9-6-12)10-7-16(20)18-14-3-4-15(17)13(2)11-14;/h3-6,8-9,11H,7,10H2,1-2H3;1H. The fourth-order valence-electron chi connectivity index (χ4n) is 1.86. The molecule has 21 heavy (non-hydrogen) atoms. The normalized spacial score (nSPS) is 9.86. The van der Waals surface area contributed by atoms with E-state index in [1.165, 1.54) is 5.56 Å². The molecule has 0 unspecified atom stereocenters. The molecular formula is C16H18Br2N2O. The number of nitrogens with zero attached hydrogens (tertiary/aromatic N) is 1. The van der Waals surface area contributed by atoms with E-state index < -0.39 is 0 Å². The van der Waals surface area contributed by atoms with Crippen molar-refractivity contribution in [3.05, 3.63) is 58.3 Å². The number of carbonyl (C=O) groups is 1. The first-order chi connectivity index (χ1) is 9.54. The van der Waals surface area contributed by atoms with Gasteiger partial charge in [-0.15, -0.1) is 0 Å². The minimum Gasteiger partial charge on any atom is -1.00 e. The van der Waals surface area contributed by atoms with Crippen molar-refractivity contribution in [3.63, 3.8) is 0 Å². The largest absolute Gasteiger partial charge is 1.00 e. The number of hydrogen-bond acceptors (Lipinski definition) is 1. The number of rotatable bonds is 4. The van der Waals surface area contributed by atoms with E-state index in [1.807, 2.05) is 61.1 Å². The van der Waals surface area contributed by atoms with Crippen LogP contribution in [0.1, 0.15) is 17.5 Å². The van der Waals surface area contributed by atoms with Gasteiger partial charge in [0.1, 0.15) is 0 Å². The summed E-state index contributed by atoms with van der Waals surface area (Å²) < 4.78 is 3.06. The second-order valence-electron chi connectivity index (χ2n) is 4.88. The molecule has 0 bridgehead atoms. The highest BCUT2D eigenvalue weighted by Gasteiger charge is 2.07. The molecule has 0 aliphatic heterocycles. The molecule has 1 aromatic carbocycles. The molecule has 0 aliphatic carbocycles. The molecule has 2 rings (SSSR count). The Morgan fingerprint density at radius 3 is 2.48 bits per heavy atom. The summed E-state index contributed by atoms with van der Waals surface area (Å²) in [6, 6.07) is 9.88. The predicted octanol–water partition coefficient (Wildman–Crippen LogP) is 0.386. The van der Waals surface area contributed by atoms with Crippen molar-refractivity contribution in [1.29, 1.82) is 0 Å². The number of benzene rings is 1. The zero-order valence-corrected chi connectivity index (χ0v) is 15.2. The number of hydrogen-bond donors (Lipinski definition) is 1. The summed E-state index contributed by atoms with van der Waals surface area (Å²) in [5, 5.41) is 2.92. The maximum absolute atomic E-state index is 11.9. The smallest absolute Gasteiger partial charge is 0.230 e. The number of aromatic nitrogens is 1. The van der Waals surface area contributed by atoms with E-state index in [2.05, 4.69) is 21.2 Å². The predicted molar refractivity (Wildman–Crippen MR) is 83.5 cm³/mol. The molecule has 3 nitrogen and oxygen atoms in total. The lowest BCUT2D eigenvalue weighted by Crippen LogP contribution is -3.00. The Labute approximate surface area is 144 Å². The van der Waals surface area contributed by atoms with Gasteiger partial charge in [-0.3, -0.25) is 4.79 Å². The second-order valence-corrected chi connectivity index (χ2v) is 5.73. The summed E-state index contributed by atoms with van der Waals surface area (Å²) in [4.78, 5) is 11.9. The van der Waals surface area contributed by atoms with Crippen LogP contribution in [0.4, 0.5) is 5.69 Å². The number of anilines is 1. The molecule has 5 heteroatoms. The first kappa shape index (κ1) is 17.9. The molecule has 0 saturated carbocycles. The average Bonchev–Trinajstić information content (AvgIpc) is 2.42. The van der Waals surface area contributed by atoms with E-state index in [0.29, 0.717) is 13.0 Å². The number of nitrogens with one attached hydrogen (secondary N) is 1. The highest BCUT2D eigenvalue weighted by molar-refractivity contribution is 9.10. The molecular weight excluding hydrogens is 396 g/mol. The van der Waals surface area contributed by atoms with Crippen LogP contribution in [0, 0.1) is 13.8 Å². The van der Waals surface area contributed by atoms with Crippen molar-refractivity contribution in [3.8, 4) is 0 Å². The van der Waals surface area contributed by atoms with E-state index in [-0.39, 0.29) is 22.9 Å². The molecule has 0 spiro atoms. The quantitative estimate of drug-likeness (QED) is 0.722. The Kier molecular flexibility index (Phi) is 7.05. The minimum atomic E-state index is 0. The van der Waals surface area contributed by atoms with Crippen LogP contribution in [-0.2, 0) is 11.3 Å². The van der Waals surface area contributed by atoms with Gasteiger partial charge in [0.05, 0.1) is 6.42 Å². The summed E-state index contributed by atoms with van der Waals surface area (Å²) >= 11 is 3.45. The van der Waals surface area contributed by atoms with Crippen LogP contribution in [0.15, 0.2) is 47.2 Å². The maximum Gasteiger partial charge on any atom is 0.230 e. The van der Waals surface area contributed by atoms with Gasteiger partial charge in [0.15, 0.2) is 18.9 Å². The highest BCUT2D eigenvalue weighted by Crippen LogP contribution is 2.19. The fourth-order valence-corrected chi connectivity index (χ4v) is 2.10. The molecule has 112 valence electrons. The van der Waals surface area contributed by atoms with Gasteiger partial charge in [-0.1, -0.05) is 15.9 Å². The molecule has 0 aliphatic rings. The summed E-state index contributed by atoms with van der Waals surface area (Å²) in [6.07, 6.45) is 4.45. The van der Waals surface area contributed by atoms with Gasteiger partial charge in [0.25, 0.3) is 0 Å². The monoisotopic (exact) mass is 412 g/mol. The van der Waals surface area contributed by atoms with Crippen molar-refractivity contribution in [2.45, 2.75) is 26.8 Å². The molecule has 2 aromatic rings. The van der Waals surface area contributed by atoms with Gasteiger partial charge in [-0.05, 0) is 43.2 Å². The molecule has 0 radical (unpaired) electrons. The number of pyridine rings is 1. The topological polar surface area (TPSA) is 33.0 Å². The average molecular weight is 414 g/mol. The molecule has 1 heterocycles. The van der Waals surface area contributed by atoms with Crippen LogP contribution < -0.4 is 26.9 Å². The Morgan fingerprint density at radius 1 is 1.19 bits per heavy atom. The first-order valence-electron chi connectivity index (χ1n) is 6.56. The first-order valence-corrected chi connectivity index (χ1v) is 7.35. The van der Waals surface area contributed by atoms with E-state index in [9.17, 15) is 4.79 Å². The number of halogens is 2. The fraction of sp³-hybridized carbons (Fsp3) is 0.250. The van der Waals surface area contributed by atoms with Gasteiger partial charge in [0, 0.05) is 22.3 Å². The van der Waals surface area contributed by atoms with Gasteiger partial charge in [-0.25, -0.2) is 4.57 Å². The molecule has 1 N–H and O–H groups in total. The van der Waals surface area contributed by atoms with Gasteiger partial charge < -0.3 is 22.3 Å². The SMILES string of the molecule is Cc1cc[n+](CCC(=O)Nc2ccc(Br)c(C)c2)cc1.[Br-]. The van der Waals surface area contributed by atoms with Crippen LogP contribution in [0.25, 0.3) is 0 Å². The Morgan fingerprint density at radius 2 is 1.86 bits per heavy atom. The zero-order valence-electron chi connectivity index (χ0n) is 12.1. The van der Waals surface area contributed by atoms with E-state index >= 15 is 0 Å². The van der Waals surface area contributed by atoms with Crippen LogP contribution in [0.2, 0.25) is 0 Å². The lowest BCUT2D eigenvalue weighted by molar-refractivity contribution is -0.695. The summed E-state index contributed by atoms with van der Waals surface area (Å²) in [7, 11) is 0. The third-order valence-corrected chi connectivity index (χ3v) is 3.99. The summed E-state index contributed by atoms with van der Waals surface area (Å²) in [5.74, 6) is 0.0276. The molecule has 1 aromatic heterocycles. The van der Waals surface area contributed by atoms with E-state index in [0.717, 1.165) is 15.7 Å². The zero-order chi connectivity index (χ0) is 14.5. The van der Waals surface area contributed by atoms with Crippen molar-refractivity contribution >= 4 is 27.5 Å². The van der Waals surface area contributed by atoms with Crippen LogP contribution >= 0.6 is 15.9 Å². The van der Waals surface area contributed by atoms with Crippen molar-refractivity contribution in [2.24, 2.45) is 0 Å². The summed E-state index contributed by atoms with van der Waals surface area (Å²) in [5.41, 5.74) is 3.16. The Bertz CT molecular complexity index is 612. The Hall–Kier alpha value is -1.20. The van der Waals surface area contributed by atoms with E-state index in [4.69, 9.17) is 0 Å². The number of carbonyl (C=O) groups excluding carboxylic acids is 1. The van der Waals surface area contributed by atoms with Crippen molar-refractivity contribution in [2.75, 3.05) is 5.32 Å². The molecule has 0 fully saturated rings. The van der Waals surface area contributed by atoms with Crippen molar-refractivity contribution in [1.82, 2.24) is 0 Å². The van der Waals surface area contributed by atoms with Crippen molar-refractivity contribution < 1.29 is 26.3 Å². The number of aryl methyl sites for hydroxylation is 3. The van der Waals surface area contributed by atoms with E-state index in [1.54, 1.807) is 0 Å². The Balaban J connectivity index is 0.00000220. The lowest BCUT2D eigenvalue weighted by Gasteiger charge is -2.06. The maximum atomic E-state index is 11.9. The number of amides is 1. The van der Waals surface area contributed by atoms with Crippen LogP contribution in [0.5, 0.6) is 0 Å². The minimum absolute atomic E-state index is 0. The highest BCUT2D eigenvalue weighted by atomic mass is 79.9. The summed E-state index contributed by atoms with van der Waals surface area (Å²) in [6.45, 7) is 4.73. The van der Waals surface area contributed by atoms with Gasteiger partial charge in [0.2, 0.25) is 5.91 Å². The van der Waals surface area contributed by atoms with Gasteiger partial charge in [-0.2, -0.15) is 0 Å². The molecule has 0 saturated heterocycles. The molecule has 0 atom stereocenters. The van der Waals surface area contributed by atoms with Crippen LogP contribution in [0.3, 0.4) is 0 Å². The second kappa shape index (κ2) is 8.29. The third kappa shape index (κ3) is 5.59. The van der Waals surface area contributed by atoms with Gasteiger partial charge >= 0.3 is 0 Å². The lowest BCUT2D eigenvalue weighted by atomic mass is 10.2. The third-order valence-electron chi connectivity index (χ3n) is 3.10. The molecule has 1 amide bonds. The van der Waals surface area contributed by atoms with Crippen LogP contribution in [-0.4, -0.2) is 5.91 Å².